The van der Waals surface area contributed by atoms with Crippen LogP contribution in [-0.2, 0) is 16.0 Å². The van der Waals surface area contributed by atoms with E-state index in [2.05, 4.69) is 5.32 Å². The first-order valence-corrected chi connectivity index (χ1v) is 7.96. The lowest BCUT2D eigenvalue weighted by atomic mass is 10.0. The van der Waals surface area contributed by atoms with Crippen LogP contribution < -0.4 is 5.32 Å². The summed E-state index contributed by atoms with van der Waals surface area (Å²) in [6.07, 6.45) is 0.577. The Morgan fingerprint density at radius 1 is 1.04 bits per heavy atom. The lowest BCUT2D eigenvalue weighted by Gasteiger charge is -2.21. The van der Waals surface area contributed by atoms with Crippen molar-refractivity contribution >= 4 is 12.4 Å². The molecule has 2 aromatic rings. The van der Waals surface area contributed by atoms with E-state index >= 15 is 0 Å². The second-order valence-corrected chi connectivity index (χ2v) is 6.66. The molecular formula is C20H23NO3. The number of carbonyl (C=O) groups excluding carboxylic acids is 2. The van der Waals surface area contributed by atoms with Crippen molar-refractivity contribution in [3.05, 3.63) is 60.2 Å². The first-order chi connectivity index (χ1) is 11.4. The number of rotatable bonds is 5. The van der Waals surface area contributed by atoms with Gasteiger partial charge in [-0.1, -0.05) is 54.6 Å². The van der Waals surface area contributed by atoms with Gasteiger partial charge in [-0.3, -0.25) is 0 Å². The number of carbonyl (C=O) groups is 2. The minimum Gasteiger partial charge on any atom is -0.444 e. The Kier molecular flexibility index (Phi) is 5.74. The third-order valence-corrected chi connectivity index (χ3v) is 3.38. The first-order valence-electron chi connectivity index (χ1n) is 7.96. The van der Waals surface area contributed by atoms with Gasteiger partial charge in [0.15, 0.2) is 0 Å². The van der Waals surface area contributed by atoms with E-state index in [1.54, 1.807) is 20.8 Å². The van der Waals surface area contributed by atoms with Gasteiger partial charge in [0.25, 0.3) is 0 Å². The molecule has 0 aliphatic rings. The van der Waals surface area contributed by atoms with Crippen LogP contribution in [0.5, 0.6) is 0 Å². The molecule has 4 heteroatoms. The van der Waals surface area contributed by atoms with E-state index < -0.39 is 17.7 Å². The zero-order valence-corrected chi connectivity index (χ0v) is 14.3. The number of hydrogen-bond acceptors (Lipinski definition) is 3. The summed E-state index contributed by atoms with van der Waals surface area (Å²) in [6, 6.07) is 17.4. The molecule has 0 saturated heterocycles. The van der Waals surface area contributed by atoms with Crippen LogP contribution in [-0.4, -0.2) is 24.0 Å². The minimum atomic E-state index is -0.609. The third-order valence-electron chi connectivity index (χ3n) is 3.38. The van der Waals surface area contributed by atoms with Gasteiger partial charge in [0.05, 0.1) is 6.04 Å². The maximum absolute atomic E-state index is 11.8. The van der Waals surface area contributed by atoms with Crippen LogP contribution in [0.3, 0.4) is 0 Å². The van der Waals surface area contributed by atoms with E-state index in [1.807, 2.05) is 54.6 Å². The summed E-state index contributed by atoms with van der Waals surface area (Å²) in [7, 11) is 0. The Bertz CT molecular complexity index is 672. The van der Waals surface area contributed by atoms with E-state index in [1.165, 1.54) is 0 Å². The van der Waals surface area contributed by atoms with Crippen molar-refractivity contribution in [3.63, 3.8) is 0 Å². The zero-order chi connectivity index (χ0) is 17.6. The van der Waals surface area contributed by atoms with Gasteiger partial charge in [0.2, 0.25) is 0 Å². The van der Waals surface area contributed by atoms with Crippen molar-refractivity contribution in [2.75, 3.05) is 0 Å². The summed E-state index contributed by atoms with van der Waals surface area (Å²) in [5.74, 6) is 0. The molecule has 0 bridgehead atoms. The average molecular weight is 325 g/mol. The Hall–Kier alpha value is -2.62. The standard InChI is InChI=1S/C20H23NO3/c1-20(2,3)24-19(23)21-18(14-22)13-15-9-11-17(12-10-15)16-7-5-4-6-8-16/h4-12,14,18H,13H2,1-3H3,(H,21,23)/t18-/m1/s1. The maximum Gasteiger partial charge on any atom is 0.408 e. The van der Waals surface area contributed by atoms with Crippen molar-refractivity contribution in [1.82, 2.24) is 5.32 Å². The zero-order valence-electron chi connectivity index (χ0n) is 14.3. The molecule has 0 radical (unpaired) electrons. The molecule has 4 nitrogen and oxygen atoms in total. The molecule has 0 fully saturated rings. The monoisotopic (exact) mass is 325 g/mol. The highest BCUT2D eigenvalue weighted by molar-refractivity contribution is 5.73. The highest BCUT2D eigenvalue weighted by Gasteiger charge is 2.19. The smallest absolute Gasteiger partial charge is 0.408 e. The van der Waals surface area contributed by atoms with E-state index in [4.69, 9.17) is 4.74 Å². The Labute approximate surface area is 142 Å². The Balaban J connectivity index is 1.98. The molecule has 0 unspecified atom stereocenters. The molecule has 126 valence electrons. The van der Waals surface area contributed by atoms with Crippen molar-refractivity contribution in [1.29, 1.82) is 0 Å². The van der Waals surface area contributed by atoms with Crippen LogP contribution in [0.25, 0.3) is 11.1 Å². The molecule has 2 aromatic carbocycles. The highest BCUT2D eigenvalue weighted by atomic mass is 16.6. The van der Waals surface area contributed by atoms with Gasteiger partial charge in [-0.25, -0.2) is 4.79 Å². The summed E-state index contributed by atoms with van der Waals surface area (Å²) in [5, 5.41) is 2.59. The Morgan fingerprint density at radius 3 is 2.17 bits per heavy atom. The van der Waals surface area contributed by atoms with Crippen LogP contribution >= 0.6 is 0 Å². The number of hydrogen-bond donors (Lipinski definition) is 1. The molecule has 1 N–H and O–H groups in total. The molecule has 0 spiro atoms. The molecule has 0 saturated carbocycles. The van der Waals surface area contributed by atoms with Crippen molar-refractivity contribution < 1.29 is 14.3 Å². The minimum absolute atomic E-state index is 0.428. The van der Waals surface area contributed by atoms with Crippen LogP contribution in [0.1, 0.15) is 26.3 Å². The normalized spacial score (nSPS) is 12.3. The van der Waals surface area contributed by atoms with Crippen LogP contribution in [0.2, 0.25) is 0 Å². The molecule has 0 heterocycles. The molecule has 2 rings (SSSR count). The van der Waals surface area contributed by atoms with E-state index in [0.717, 1.165) is 23.0 Å². The molecule has 24 heavy (non-hydrogen) atoms. The summed E-state index contributed by atoms with van der Waals surface area (Å²) < 4.78 is 5.18. The van der Waals surface area contributed by atoms with E-state index in [-0.39, 0.29) is 0 Å². The summed E-state index contributed by atoms with van der Waals surface area (Å²) in [6.45, 7) is 5.35. The summed E-state index contributed by atoms with van der Waals surface area (Å²) in [5.41, 5.74) is 2.64. The molecule has 0 aromatic heterocycles. The molecule has 1 atom stereocenters. The number of amides is 1. The van der Waals surface area contributed by atoms with Crippen LogP contribution in [0, 0.1) is 0 Å². The predicted molar refractivity (Wildman–Crippen MR) is 94.8 cm³/mol. The largest absolute Gasteiger partial charge is 0.444 e. The second-order valence-electron chi connectivity index (χ2n) is 6.66. The maximum atomic E-state index is 11.8. The van der Waals surface area contributed by atoms with Gasteiger partial charge in [-0.15, -0.1) is 0 Å². The fraction of sp³-hybridized carbons (Fsp3) is 0.300. The fourth-order valence-electron chi connectivity index (χ4n) is 2.31. The first kappa shape index (κ1) is 17.7. The van der Waals surface area contributed by atoms with Gasteiger partial charge >= 0.3 is 6.09 Å². The average Bonchev–Trinajstić information content (AvgIpc) is 2.54. The predicted octanol–water partition coefficient (Wildman–Crippen LogP) is 3.99. The fourth-order valence-corrected chi connectivity index (χ4v) is 2.31. The lowest BCUT2D eigenvalue weighted by molar-refractivity contribution is -0.109. The molecule has 0 aliphatic heterocycles. The summed E-state index contributed by atoms with van der Waals surface area (Å²) in [4.78, 5) is 23.0. The molecule has 1 amide bonds. The number of benzene rings is 2. The molecular weight excluding hydrogens is 302 g/mol. The van der Waals surface area contributed by atoms with E-state index in [9.17, 15) is 9.59 Å². The van der Waals surface area contributed by atoms with Gasteiger partial charge in [-0.05, 0) is 43.9 Å². The number of aldehydes is 1. The van der Waals surface area contributed by atoms with Crippen LogP contribution in [0.4, 0.5) is 4.79 Å². The second kappa shape index (κ2) is 7.77. The number of nitrogens with one attached hydrogen (secondary N) is 1. The molecule has 0 aliphatic carbocycles. The number of ether oxygens (including phenoxy) is 1. The lowest BCUT2D eigenvalue weighted by Crippen LogP contribution is -2.41. The topological polar surface area (TPSA) is 55.4 Å². The SMILES string of the molecule is CC(C)(C)OC(=O)N[C@@H](C=O)Cc1ccc(-c2ccccc2)cc1. The highest BCUT2D eigenvalue weighted by Crippen LogP contribution is 2.19. The van der Waals surface area contributed by atoms with E-state index in [0.29, 0.717) is 6.42 Å². The van der Waals surface area contributed by atoms with Gasteiger partial charge < -0.3 is 14.8 Å². The quantitative estimate of drug-likeness (QED) is 0.846. The Morgan fingerprint density at radius 2 is 1.62 bits per heavy atom. The van der Waals surface area contributed by atoms with Gasteiger partial charge in [-0.2, -0.15) is 0 Å². The van der Waals surface area contributed by atoms with Crippen LogP contribution in [0.15, 0.2) is 54.6 Å². The summed E-state index contributed by atoms with van der Waals surface area (Å²) >= 11 is 0. The van der Waals surface area contributed by atoms with Gasteiger partial charge in [0.1, 0.15) is 11.9 Å². The third kappa shape index (κ3) is 5.54. The van der Waals surface area contributed by atoms with Crippen molar-refractivity contribution in [3.8, 4) is 11.1 Å². The number of alkyl carbamates (subject to hydrolysis) is 1. The van der Waals surface area contributed by atoms with Gasteiger partial charge in [0, 0.05) is 0 Å². The van der Waals surface area contributed by atoms with Crippen molar-refractivity contribution in [2.24, 2.45) is 0 Å². The van der Waals surface area contributed by atoms with Crippen molar-refractivity contribution in [2.45, 2.75) is 38.8 Å².